The smallest absolute Gasteiger partial charge is 0.320 e. The van der Waals surface area contributed by atoms with Crippen LogP contribution in [0.5, 0.6) is 12.0 Å². The van der Waals surface area contributed by atoms with Crippen LogP contribution in [0.25, 0.3) is 33.4 Å². The molecule has 2 N–H and O–H groups in total. The fraction of sp³-hybridized carbons (Fsp3) is 0.560. The molecule has 0 radical (unpaired) electrons. The Bertz CT molecular complexity index is 2640. The van der Waals surface area contributed by atoms with Gasteiger partial charge in [-0.15, -0.1) is 0 Å². The summed E-state index contributed by atoms with van der Waals surface area (Å²) < 4.78 is 25.6. The highest BCUT2D eigenvalue weighted by molar-refractivity contribution is 6.32. The number of nitrogens with zero attached hydrogens (tertiary/aromatic N) is 12. The molecule has 0 spiro atoms. The molecule has 18 nitrogen and oxygen atoms in total. The first kappa shape index (κ1) is 47.4. The Morgan fingerprint density at radius 1 is 0.557 bits per heavy atom. The van der Waals surface area contributed by atoms with E-state index in [-0.39, 0.29) is 12.0 Å². The molecule has 6 aliphatic rings. The summed E-state index contributed by atoms with van der Waals surface area (Å²) in [6, 6.07) is 13.8. The molecule has 2 unspecified atom stereocenters. The second-order valence-corrected chi connectivity index (χ2v) is 21.3. The number of hydrogen-bond donors (Lipinski definition) is 2. The van der Waals surface area contributed by atoms with E-state index in [2.05, 4.69) is 52.1 Å². The summed E-state index contributed by atoms with van der Waals surface area (Å²) in [4.78, 5) is 27.2. The summed E-state index contributed by atoms with van der Waals surface area (Å²) in [5, 5.41) is 33.1. The number of hydrogen-bond acceptors (Lipinski definition) is 16. The minimum absolute atomic E-state index is 0.269. The van der Waals surface area contributed by atoms with Crippen molar-refractivity contribution in [3.63, 3.8) is 0 Å². The number of piperidine rings is 2. The van der Waals surface area contributed by atoms with Crippen molar-refractivity contribution in [3.05, 3.63) is 70.0 Å². The molecule has 12 rings (SSSR count). The van der Waals surface area contributed by atoms with Crippen LogP contribution in [-0.4, -0.2) is 176 Å². The van der Waals surface area contributed by atoms with E-state index in [9.17, 15) is 10.2 Å². The van der Waals surface area contributed by atoms with Crippen molar-refractivity contribution in [2.45, 2.75) is 87.5 Å². The van der Waals surface area contributed by atoms with E-state index in [1.165, 1.54) is 11.1 Å². The third-order valence-electron chi connectivity index (χ3n) is 15.1. The summed E-state index contributed by atoms with van der Waals surface area (Å²) >= 11 is 13.6. The first-order valence-corrected chi connectivity index (χ1v) is 25.4. The number of halogens is 2. The van der Waals surface area contributed by atoms with E-state index < -0.39 is 11.2 Å². The number of aliphatic hydroxyl groups is 2. The fourth-order valence-electron chi connectivity index (χ4n) is 11.3. The highest BCUT2D eigenvalue weighted by Crippen LogP contribution is 2.40. The van der Waals surface area contributed by atoms with Gasteiger partial charge in [0.25, 0.3) is 0 Å². The van der Waals surface area contributed by atoms with Gasteiger partial charge in [-0.25, -0.2) is 9.36 Å². The van der Waals surface area contributed by atoms with Crippen LogP contribution in [0.15, 0.2) is 48.8 Å². The molecule has 20 heteroatoms. The van der Waals surface area contributed by atoms with E-state index >= 15 is 0 Å². The van der Waals surface area contributed by atoms with Crippen LogP contribution in [0.1, 0.15) is 75.3 Å². The van der Waals surface area contributed by atoms with Gasteiger partial charge in [0.2, 0.25) is 0 Å². The topological polar surface area (TPSA) is 178 Å². The zero-order valence-electron chi connectivity index (χ0n) is 40.3. The normalized spacial score (nSPS) is 23.1. The minimum Gasteiger partial charge on any atom is -0.467 e. The number of fused-ring (bicyclic) bond motifs is 2. The number of methoxy groups -OCH3 is 2. The molecule has 10 heterocycles. The zero-order valence-corrected chi connectivity index (χ0v) is 41.8. The Hall–Kier alpha value is -4.92. The van der Waals surface area contributed by atoms with E-state index in [1.54, 1.807) is 14.2 Å². The quantitative estimate of drug-likeness (QED) is 0.162. The molecule has 0 amide bonds. The summed E-state index contributed by atoms with van der Waals surface area (Å²) in [6.45, 7) is 13.4. The van der Waals surface area contributed by atoms with Crippen molar-refractivity contribution in [3.8, 4) is 23.7 Å². The van der Waals surface area contributed by atoms with E-state index in [4.69, 9.17) is 42.1 Å². The van der Waals surface area contributed by atoms with Gasteiger partial charge >= 0.3 is 12.0 Å². The number of aromatic nitrogens is 8. The van der Waals surface area contributed by atoms with Crippen LogP contribution in [-0.2, 0) is 9.47 Å². The van der Waals surface area contributed by atoms with Crippen molar-refractivity contribution in [2.75, 3.05) is 103 Å². The third kappa shape index (κ3) is 9.61. The maximum absolute atomic E-state index is 10.2. The lowest BCUT2D eigenvalue weighted by atomic mass is 9.88. The van der Waals surface area contributed by atoms with Crippen LogP contribution in [0.4, 0.5) is 11.6 Å². The highest BCUT2D eigenvalue weighted by Gasteiger charge is 2.39. The van der Waals surface area contributed by atoms with Gasteiger partial charge in [0.1, 0.15) is 11.6 Å². The molecule has 4 aromatic heterocycles. The van der Waals surface area contributed by atoms with Gasteiger partial charge in [0, 0.05) is 84.4 Å². The molecule has 70 heavy (non-hydrogen) atoms. The number of benzene rings is 2. The van der Waals surface area contributed by atoms with Crippen molar-refractivity contribution in [1.82, 2.24) is 49.3 Å². The first-order valence-electron chi connectivity index (χ1n) is 24.6. The van der Waals surface area contributed by atoms with Crippen molar-refractivity contribution < 1.29 is 29.2 Å². The maximum atomic E-state index is 10.2. The largest absolute Gasteiger partial charge is 0.467 e. The van der Waals surface area contributed by atoms with Crippen LogP contribution in [0.3, 0.4) is 0 Å². The highest BCUT2D eigenvalue weighted by atomic mass is 35.5. The lowest BCUT2D eigenvalue weighted by Gasteiger charge is -2.44. The predicted molar refractivity (Wildman–Crippen MR) is 268 cm³/mol. The van der Waals surface area contributed by atoms with E-state index in [0.29, 0.717) is 73.4 Å². The molecule has 2 aromatic carbocycles. The van der Waals surface area contributed by atoms with Crippen molar-refractivity contribution in [2.24, 2.45) is 0 Å². The van der Waals surface area contributed by atoms with Crippen molar-refractivity contribution >= 4 is 56.6 Å². The number of likely N-dealkylation sites (tertiary alicyclic amines) is 2. The molecule has 6 aliphatic heterocycles. The Kier molecular flexibility index (Phi) is 13.0. The van der Waals surface area contributed by atoms with Gasteiger partial charge in [0.15, 0.2) is 11.6 Å². The van der Waals surface area contributed by atoms with Gasteiger partial charge in [-0.3, -0.25) is 9.80 Å². The zero-order chi connectivity index (χ0) is 48.3. The number of ether oxygens (including phenoxy) is 4. The van der Waals surface area contributed by atoms with Gasteiger partial charge in [-0.05, 0) is 126 Å². The first-order chi connectivity index (χ1) is 33.8. The lowest BCUT2D eigenvalue weighted by Crippen LogP contribution is -2.60. The second-order valence-electron chi connectivity index (χ2n) is 20.5. The summed E-state index contributed by atoms with van der Waals surface area (Å²) in [7, 11) is 3.11. The summed E-state index contributed by atoms with van der Waals surface area (Å²) in [5.41, 5.74) is 2.84. The maximum Gasteiger partial charge on any atom is 0.320 e. The molecule has 6 saturated heterocycles. The standard InChI is InChI=1S/2C25H31ClN6O3/c2*1-25(33)14-31(15-25)22-11-23(29-24(28-22)34-2)32-21-10-19(20(26)9-17(21)12-27-32)16-3-6-30(7-4-16)18-5-8-35-13-18/h2*9-12,16,18,33H,3-8,13-15H2,1-2H3. The molecular weight excluding hydrogens is 936 g/mol. The van der Waals surface area contributed by atoms with Crippen LogP contribution < -0.4 is 19.3 Å². The Balaban J connectivity index is 0.000000152. The third-order valence-corrected chi connectivity index (χ3v) is 15.7. The van der Waals surface area contributed by atoms with Gasteiger partial charge < -0.3 is 39.0 Å². The minimum atomic E-state index is -0.706. The summed E-state index contributed by atoms with van der Waals surface area (Å²) in [5.74, 6) is 3.48. The Labute approximate surface area is 417 Å². The van der Waals surface area contributed by atoms with E-state index in [0.717, 1.165) is 123 Å². The molecule has 0 bridgehead atoms. The SMILES string of the molecule is COc1nc(N2CC(C)(O)C2)cc(-n2ncc3cc(Cl)c(C4CCN(C5CCOC5)CC4)cc32)n1.COc1nc(N2CC(C)(O)C2)cc(-n2ncc3cc(Cl)c(C4CCN(C5CCOC5)CC4)cc32)n1. The number of anilines is 2. The number of β-amino-alcohol motifs (C(OH)–C–C–N with tert-alkyl or cyclic N) is 2. The molecule has 6 aromatic rings. The second kappa shape index (κ2) is 19.3. The monoisotopic (exact) mass is 996 g/mol. The fourth-order valence-corrected chi connectivity index (χ4v) is 11.9. The average molecular weight is 998 g/mol. The van der Waals surface area contributed by atoms with Gasteiger partial charge in [-0.2, -0.15) is 30.1 Å². The average Bonchev–Trinajstić information content (AvgIpc) is 4.21. The van der Waals surface area contributed by atoms with Gasteiger partial charge in [0.05, 0.1) is 62.1 Å². The van der Waals surface area contributed by atoms with Crippen molar-refractivity contribution in [1.29, 1.82) is 0 Å². The Morgan fingerprint density at radius 2 is 0.943 bits per heavy atom. The van der Waals surface area contributed by atoms with Crippen LogP contribution in [0.2, 0.25) is 10.0 Å². The molecule has 0 saturated carbocycles. The molecule has 2 atom stereocenters. The van der Waals surface area contributed by atoms with Crippen LogP contribution >= 0.6 is 23.2 Å². The Morgan fingerprint density at radius 3 is 1.29 bits per heavy atom. The molecule has 6 fully saturated rings. The van der Waals surface area contributed by atoms with Crippen LogP contribution in [0, 0.1) is 0 Å². The molecule has 372 valence electrons. The van der Waals surface area contributed by atoms with Gasteiger partial charge in [-0.1, -0.05) is 23.2 Å². The summed E-state index contributed by atoms with van der Waals surface area (Å²) in [6.07, 6.45) is 10.2. The van der Waals surface area contributed by atoms with E-state index in [1.807, 2.05) is 69.7 Å². The number of rotatable bonds is 10. The lowest BCUT2D eigenvalue weighted by molar-refractivity contribution is 0.0299. The molecular formula is C50H62Cl2N12O6. The molecule has 0 aliphatic carbocycles. The predicted octanol–water partition coefficient (Wildman–Crippen LogP) is 6.03.